The molecule has 0 saturated carbocycles. The molecule has 0 fully saturated rings. The number of hydrogen-bond donors (Lipinski definition) is 0. The second-order valence-electron chi connectivity index (χ2n) is 13.9. The molecule has 7 nitrogen and oxygen atoms in total. The van der Waals surface area contributed by atoms with Crippen LogP contribution in [0.5, 0.6) is 11.5 Å². The molecule has 0 N–H and O–H groups in total. The van der Waals surface area contributed by atoms with Gasteiger partial charge < -0.3 is 19.1 Å². The van der Waals surface area contributed by atoms with E-state index in [2.05, 4.69) is 117 Å². The molecule has 56 heavy (non-hydrogen) atoms. The van der Waals surface area contributed by atoms with Crippen LogP contribution >= 0.6 is 0 Å². The smallest absolute Gasteiger partial charge is 0.135 e. The first kappa shape index (κ1) is 33.6. The van der Waals surface area contributed by atoms with E-state index < -0.39 is 5.41 Å². The van der Waals surface area contributed by atoms with Crippen LogP contribution in [-0.2, 0) is 26.5 Å². The monoisotopic (exact) mass is 898 g/mol. The Hall–Kier alpha value is -6.92. The van der Waals surface area contributed by atoms with Gasteiger partial charge in [-0.15, -0.1) is 35.2 Å². The van der Waals surface area contributed by atoms with E-state index in [4.69, 9.17) is 4.74 Å². The second-order valence-corrected chi connectivity index (χ2v) is 13.9. The number of nitrogens with zero attached hydrogens (tertiary/aromatic N) is 6. The third-order valence-corrected chi connectivity index (χ3v) is 11.2. The molecular weight excluding hydrogens is 872 g/mol. The summed E-state index contributed by atoms with van der Waals surface area (Å²) >= 11 is 0. The van der Waals surface area contributed by atoms with Crippen LogP contribution in [0.3, 0.4) is 0 Å². The molecule has 11 rings (SSSR count). The van der Waals surface area contributed by atoms with Gasteiger partial charge in [-0.25, -0.2) is 4.98 Å². The number of hydrogen-bond acceptors (Lipinski definition) is 6. The number of fused-ring (bicyclic) bond motifs is 11. The third kappa shape index (κ3) is 4.50. The maximum atomic E-state index is 10.8. The molecule has 8 heteroatoms. The minimum absolute atomic E-state index is 0. The summed E-state index contributed by atoms with van der Waals surface area (Å²) < 4.78 is 8.79. The van der Waals surface area contributed by atoms with Crippen molar-refractivity contribution in [1.82, 2.24) is 9.55 Å². The van der Waals surface area contributed by atoms with Gasteiger partial charge in [0.1, 0.15) is 5.82 Å². The van der Waals surface area contributed by atoms with Crippen LogP contribution in [0, 0.1) is 41.5 Å². The molecule has 0 amide bonds. The molecule has 2 aliphatic heterocycles. The molecule has 0 bridgehead atoms. The van der Waals surface area contributed by atoms with Crippen LogP contribution in [0.2, 0.25) is 0 Å². The van der Waals surface area contributed by atoms with Crippen LogP contribution in [0.4, 0.5) is 17.1 Å². The summed E-state index contributed by atoms with van der Waals surface area (Å²) in [6, 6.07) is 52.5. The van der Waals surface area contributed by atoms with Crippen LogP contribution in [-0.4, -0.2) is 16.6 Å². The number of aromatic nitrogens is 2. The number of pyridine rings is 1. The van der Waals surface area contributed by atoms with Gasteiger partial charge in [-0.3, -0.25) is 0 Å². The van der Waals surface area contributed by atoms with Gasteiger partial charge in [-0.05, 0) is 76.6 Å². The van der Waals surface area contributed by atoms with Crippen molar-refractivity contribution >= 4 is 51.0 Å². The van der Waals surface area contributed by atoms with E-state index in [0.717, 1.165) is 78.1 Å². The fraction of sp³-hybridized carbons (Fsp3) is 0.0417. The van der Waals surface area contributed by atoms with E-state index in [-0.39, 0.29) is 21.1 Å². The molecule has 0 unspecified atom stereocenters. The minimum atomic E-state index is -1.05. The van der Waals surface area contributed by atoms with Crippen molar-refractivity contribution in [3.63, 3.8) is 0 Å². The normalized spacial score (nSPS) is 13.9. The quantitative estimate of drug-likeness (QED) is 0.164. The second kappa shape index (κ2) is 12.6. The summed E-state index contributed by atoms with van der Waals surface area (Å²) in [4.78, 5) is 8.93. The molecule has 0 radical (unpaired) electrons. The van der Waals surface area contributed by atoms with Crippen LogP contribution in [0.25, 0.3) is 39.8 Å². The molecule has 268 valence electrons. The van der Waals surface area contributed by atoms with Crippen molar-refractivity contribution in [2.45, 2.75) is 5.41 Å². The molecule has 1 aliphatic carbocycles. The number of anilines is 3. The van der Waals surface area contributed by atoms with Crippen LogP contribution in [0.1, 0.15) is 44.5 Å². The van der Waals surface area contributed by atoms with E-state index in [9.17, 15) is 10.5 Å². The van der Waals surface area contributed by atoms with Gasteiger partial charge in [0.25, 0.3) is 0 Å². The number of rotatable bonds is 3. The zero-order valence-electron chi connectivity index (χ0n) is 29.8. The van der Waals surface area contributed by atoms with Gasteiger partial charge in [0.15, 0.2) is 0 Å². The van der Waals surface area contributed by atoms with E-state index in [1.54, 1.807) is 6.20 Å². The summed E-state index contributed by atoms with van der Waals surface area (Å²) in [5, 5.41) is 23.7. The number of ether oxygens (including phenoxy) is 1. The van der Waals surface area contributed by atoms with Crippen LogP contribution < -0.4 is 14.5 Å². The Bertz CT molecular complexity index is 2990. The first-order valence-electron chi connectivity index (χ1n) is 18.0. The zero-order chi connectivity index (χ0) is 36.8. The molecule has 3 aliphatic rings. The third-order valence-electron chi connectivity index (χ3n) is 11.2. The Labute approximate surface area is 337 Å². The minimum Gasteiger partial charge on any atom is -0.509 e. The Balaban J connectivity index is 0.00000384. The fourth-order valence-corrected chi connectivity index (χ4v) is 9.06. The molecule has 1 spiro atoms. The van der Waals surface area contributed by atoms with Gasteiger partial charge in [0.05, 0.1) is 23.3 Å². The van der Waals surface area contributed by atoms with Crippen LogP contribution in [0.15, 0.2) is 128 Å². The van der Waals surface area contributed by atoms with Gasteiger partial charge in [-0.1, -0.05) is 84.0 Å². The SMILES string of the molecule is CN1[CH-]N2c3[c-]c(Oc4[c-]c5c(cc4)c4ccccc4n5-c4ccccn4)ccc3C3(c4cccc1c42)c1c(C#N)cccc1C=Cc1cccc(C#N)c13.[Pt]. The molecule has 8 aromatic rings. The predicted molar refractivity (Wildman–Crippen MR) is 214 cm³/mol. The van der Waals surface area contributed by atoms with Crippen molar-refractivity contribution in [3.05, 3.63) is 191 Å². The van der Waals surface area contributed by atoms with Crippen molar-refractivity contribution in [3.8, 4) is 29.5 Å². The van der Waals surface area contributed by atoms with Crippen molar-refractivity contribution in [2.24, 2.45) is 0 Å². The first-order valence-corrected chi connectivity index (χ1v) is 18.0. The summed E-state index contributed by atoms with van der Waals surface area (Å²) in [5.41, 5.74) is 10.0. The topological polar surface area (TPSA) is 81.1 Å². The summed E-state index contributed by atoms with van der Waals surface area (Å²) in [6.07, 6.45) is 5.92. The van der Waals surface area contributed by atoms with Gasteiger partial charge in [0.2, 0.25) is 0 Å². The van der Waals surface area contributed by atoms with E-state index in [1.165, 1.54) is 0 Å². The maximum Gasteiger partial charge on any atom is 0.135 e. The standard InChI is InChI=1S/C48H27N6O.Pt/c1-52-29-53-43-26-35(55-34-20-22-37-36-13-2-3-15-40(36)54(42(37)25-34)44-17-4-5-24-51-44)21-23-38(43)48(39-14-8-16-41(52)47(39)53)45-30(9-6-11-32(45)27-49)18-19-31-10-7-12-33(28-50)46(31)48;/h2-24,29H,1H3;/q-3;. The summed E-state index contributed by atoms with van der Waals surface area (Å²) in [7, 11) is 2.03. The maximum absolute atomic E-state index is 10.8. The Morgan fingerprint density at radius 3 is 2.12 bits per heavy atom. The summed E-state index contributed by atoms with van der Waals surface area (Å²) in [5.74, 6) is 1.83. The van der Waals surface area contributed by atoms with Crippen molar-refractivity contribution in [1.29, 1.82) is 10.5 Å². The fourth-order valence-electron chi connectivity index (χ4n) is 9.06. The molecule has 0 saturated heterocycles. The Kier molecular flexibility index (Phi) is 7.55. The van der Waals surface area contributed by atoms with Gasteiger partial charge in [0, 0.05) is 61.1 Å². The van der Waals surface area contributed by atoms with Gasteiger partial charge in [-0.2, -0.15) is 29.3 Å². The number of para-hydroxylation sites is 2. The predicted octanol–water partition coefficient (Wildman–Crippen LogP) is 10.2. The van der Waals surface area contributed by atoms with Gasteiger partial charge >= 0.3 is 0 Å². The average molecular weight is 899 g/mol. The van der Waals surface area contributed by atoms with Crippen molar-refractivity contribution < 1.29 is 25.8 Å². The Morgan fingerprint density at radius 1 is 0.696 bits per heavy atom. The molecule has 0 atom stereocenters. The zero-order valence-corrected chi connectivity index (χ0v) is 32.0. The molecule has 4 heterocycles. The first-order chi connectivity index (χ1) is 27.1. The largest absolute Gasteiger partial charge is 0.509 e. The van der Waals surface area contributed by atoms with E-state index >= 15 is 0 Å². The van der Waals surface area contributed by atoms with E-state index in [1.807, 2.05) is 73.8 Å². The Morgan fingerprint density at radius 2 is 1.39 bits per heavy atom. The molecule has 6 aromatic carbocycles. The summed E-state index contributed by atoms with van der Waals surface area (Å²) in [6.45, 7) is 2.06. The van der Waals surface area contributed by atoms with Crippen molar-refractivity contribution in [2.75, 3.05) is 16.8 Å². The average Bonchev–Trinajstić information content (AvgIpc) is 3.70. The molecule has 2 aromatic heterocycles. The molecular formula is C48H27N6OPt-3. The number of nitriles is 2. The van der Waals surface area contributed by atoms with E-state index in [0.29, 0.717) is 22.6 Å². The number of benzene rings is 6.